The van der Waals surface area contributed by atoms with E-state index in [-0.39, 0.29) is 0 Å². The van der Waals surface area contributed by atoms with Gasteiger partial charge in [-0.25, -0.2) is 0 Å². The van der Waals surface area contributed by atoms with Gasteiger partial charge in [0.1, 0.15) is 4.60 Å². The van der Waals surface area contributed by atoms with Crippen molar-refractivity contribution < 1.29 is 4.74 Å². The average molecular weight is 246 g/mol. The van der Waals surface area contributed by atoms with Crippen LogP contribution in [0.2, 0.25) is 0 Å². The van der Waals surface area contributed by atoms with Crippen molar-refractivity contribution in [3.05, 3.63) is 9.98 Å². The summed E-state index contributed by atoms with van der Waals surface area (Å²) in [6, 6.07) is 0. The normalized spacial score (nSPS) is 10.8. The largest absolute Gasteiger partial charge is 0.451 e. The molecule has 0 saturated carbocycles. The summed E-state index contributed by atoms with van der Waals surface area (Å²) >= 11 is 4.65. The molecule has 0 fully saturated rings. The molecular weight excluding hydrogens is 238 g/mol. The summed E-state index contributed by atoms with van der Waals surface area (Å²) < 4.78 is 6.19. The number of nitrogens with zero attached hydrogens (tertiary/aromatic N) is 1. The Balaban J connectivity index is 2.72. The zero-order valence-corrected chi connectivity index (χ0v) is 9.20. The number of terminal acetylenes is 1. The second-order valence-electron chi connectivity index (χ2n) is 2.69. The molecule has 12 heavy (non-hydrogen) atoms. The van der Waals surface area contributed by atoms with E-state index in [1.807, 2.05) is 19.2 Å². The molecule has 0 aliphatic heterocycles. The molecule has 0 amide bonds. The van der Waals surface area contributed by atoms with Gasteiger partial charge in [0, 0.05) is 5.38 Å². The SMILES string of the molecule is C#CC(C)(C)Oc1nc(Br)cs1. The van der Waals surface area contributed by atoms with E-state index in [9.17, 15) is 0 Å². The van der Waals surface area contributed by atoms with Gasteiger partial charge in [0.15, 0.2) is 5.60 Å². The third kappa shape index (κ3) is 2.50. The molecule has 0 atom stereocenters. The van der Waals surface area contributed by atoms with Gasteiger partial charge in [-0.05, 0) is 29.8 Å². The summed E-state index contributed by atoms with van der Waals surface area (Å²) in [5, 5.41) is 2.44. The first-order valence-electron chi connectivity index (χ1n) is 3.31. The molecule has 2 nitrogen and oxygen atoms in total. The Labute approximate surface area is 84.1 Å². The zero-order chi connectivity index (χ0) is 9.19. The third-order valence-electron chi connectivity index (χ3n) is 1.15. The Kier molecular flexibility index (Phi) is 2.76. The Hall–Kier alpha value is -0.530. The molecule has 0 unspecified atom stereocenters. The Morgan fingerprint density at radius 2 is 2.42 bits per heavy atom. The van der Waals surface area contributed by atoms with Gasteiger partial charge in [-0.1, -0.05) is 17.3 Å². The van der Waals surface area contributed by atoms with Crippen molar-refractivity contribution in [1.82, 2.24) is 4.98 Å². The lowest BCUT2D eigenvalue weighted by atomic mass is 10.2. The van der Waals surface area contributed by atoms with Crippen molar-refractivity contribution in [3.63, 3.8) is 0 Å². The van der Waals surface area contributed by atoms with Crippen LogP contribution in [0.4, 0.5) is 0 Å². The van der Waals surface area contributed by atoms with E-state index in [2.05, 4.69) is 26.8 Å². The van der Waals surface area contributed by atoms with Gasteiger partial charge in [-0.3, -0.25) is 0 Å². The number of hydrogen-bond donors (Lipinski definition) is 0. The highest BCUT2D eigenvalue weighted by atomic mass is 79.9. The van der Waals surface area contributed by atoms with E-state index in [4.69, 9.17) is 11.2 Å². The van der Waals surface area contributed by atoms with Crippen LogP contribution < -0.4 is 4.74 Å². The molecule has 1 aromatic heterocycles. The van der Waals surface area contributed by atoms with Gasteiger partial charge in [-0.2, -0.15) is 4.98 Å². The molecule has 4 heteroatoms. The van der Waals surface area contributed by atoms with Crippen molar-refractivity contribution in [3.8, 4) is 17.5 Å². The Morgan fingerprint density at radius 1 is 1.75 bits per heavy atom. The molecule has 0 aromatic carbocycles. The average Bonchev–Trinajstić information content (AvgIpc) is 2.35. The molecule has 0 aliphatic carbocycles. The number of thiazole rings is 1. The summed E-state index contributed by atoms with van der Waals surface area (Å²) in [5.74, 6) is 2.53. The third-order valence-corrected chi connectivity index (χ3v) is 2.57. The Bertz CT molecular complexity index is 313. The molecular formula is C8H8BrNOS. The maximum absolute atomic E-state index is 5.41. The predicted molar refractivity (Wildman–Crippen MR) is 53.4 cm³/mol. The van der Waals surface area contributed by atoms with Gasteiger partial charge in [0.2, 0.25) is 0 Å². The quantitative estimate of drug-likeness (QED) is 0.748. The number of aromatic nitrogens is 1. The molecule has 0 bridgehead atoms. The fourth-order valence-corrected chi connectivity index (χ4v) is 1.75. The van der Waals surface area contributed by atoms with Gasteiger partial charge < -0.3 is 4.74 Å². The molecule has 0 N–H and O–H groups in total. The lowest BCUT2D eigenvalue weighted by Gasteiger charge is -2.16. The number of hydrogen-bond acceptors (Lipinski definition) is 3. The molecule has 0 radical (unpaired) electrons. The maximum Gasteiger partial charge on any atom is 0.275 e. The van der Waals surface area contributed by atoms with Crippen LogP contribution in [-0.2, 0) is 0 Å². The molecule has 0 aliphatic rings. The monoisotopic (exact) mass is 245 g/mol. The lowest BCUT2D eigenvalue weighted by Crippen LogP contribution is -2.25. The van der Waals surface area contributed by atoms with Crippen molar-refractivity contribution in [1.29, 1.82) is 0 Å². The second-order valence-corrected chi connectivity index (χ2v) is 4.33. The first-order valence-corrected chi connectivity index (χ1v) is 4.98. The van der Waals surface area contributed by atoms with E-state index in [0.29, 0.717) is 5.19 Å². The highest BCUT2D eigenvalue weighted by molar-refractivity contribution is 9.10. The molecule has 0 saturated heterocycles. The number of halogens is 1. The highest BCUT2D eigenvalue weighted by Gasteiger charge is 2.17. The summed E-state index contributed by atoms with van der Waals surface area (Å²) in [6.07, 6.45) is 5.25. The minimum atomic E-state index is -0.586. The topological polar surface area (TPSA) is 22.1 Å². The number of rotatable bonds is 2. The van der Waals surface area contributed by atoms with Crippen LogP contribution in [0.5, 0.6) is 5.19 Å². The fraction of sp³-hybridized carbons (Fsp3) is 0.375. The summed E-state index contributed by atoms with van der Waals surface area (Å²) in [5.41, 5.74) is -0.586. The van der Waals surface area contributed by atoms with Gasteiger partial charge in [-0.15, -0.1) is 6.42 Å². The lowest BCUT2D eigenvalue weighted by molar-refractivity contribution is 0.171. The van der Waals surface area contributed by atoms with Crippen LogP contribution in [0.3, 0.4) is 0 Å². The van der Waals surface area contributed by atoms with Crippen LogP contribution in [0, 0.1) is 12.3 Å². The molecule has 1 rings (SSSR count). The van der Waals surface area contributed by atoms with E-state index >= 15 is 0 Å². The summed E-state index contributed by atoms with van der Waals surface area (Å²) in [6.45, 7) is 3.64. The van der Waals surface area contributed by atoms with E-state index in [1.165, 1.54) is 11.3 Å². The van der Waals surface area contributed by atoms with E-state index in [1.54, 1.807) is 0 Å². The Morgan fingerprint density at radius 3 is 2.83 bits per heavy atom. The second kappa shape index (κ2) is 3.46. The van der Waals surface area contributed by atoms with Crippen LogP contribution in [0.1, 0.15) is 13.8 Å². The van der Waals surface area contributed by atoms with Crippen molar-refractivity contribution >= 4 is 27.3 Å². The van der Waals surface area contributed by atoms with Gasteiger partial charge in [0.25, 0.3) is 5.19 Å². The first kappa shape index (κ1) is 9.56. The maximum atomic E-state index is 5.41. The molecule has 64 valence electrons. The highest BCUT2D eigenvalue weighted by Crippen LogP contribution is 2.25. The summed E-state index contributed by atoms with van der Waals surface area (Å²) in [4.78, 5) is 4.06. The van der Waals surface area contributed by atoms with Crippen LogP contribution >= 0.6 is 27.3 Å². The first-order chi connectivity index (χ1) is 5.53. The minimum absolute atomic E-state index is 0.586. The van der Waals surface area contributed by atoms with E-state index in [0.717, 1.165) is 4.60 Å². The van der Waals surface area contributed by atoms with Crippen LogP contribution in [-0.4, -0.2) is 10.6 Å². The van der Waals surface area contributed by atoms with Crippen LogP contribution in [0.25, 0.3) is 0 Å². The van der Waals surface area contributed by atoms with Crippen molar-refractivity contribution in [2.75, 3.05) is 0 Å². The number of ether oxygens (including phenoxy) is 1. The van der Waals surface area contributed by atoms with Crippen LogP contribution in [0.15, 0.2) is 9.98 Å². The minimum Gasteiger partial charge on any atom is -0.451 e. The zero-order valence-electron chi connectivity index (χ0n) is 6.80. The van der Waals surface area contributed by atoms with E-state index < -0.39 is 5.60 Å². The van der Waals surface area contributed by atoms with Crippen molar-refractivity contribution in [2.45, 2.75) is 19.4 Å². The molecule has 1 heterocycles. The predicted octanol–water partition coefficient (Wildman–Crippen LogP) is 2.70. The van der Waals surface area contributed by atoms with Gasteiger partial charge in [0.05, 0.1) is 0 Å². The van der Waals surface area contributed by atoms with Crippen molar-refractivity contribution in [2.24, 2.45) is 0 Å². The molecule has 0 spiro atoms. The standard InChI is InChI=1S/C8H8BrNOS/c1-4-8(2,3)11-7-10-6(9)5-12-7/h1,5H,2-3H3. The molecule has 1 aromatic rings. The fourth-order valence-electron chi connectivity index (χ4n) is 0.534. The summed E-state index contributed by atoms with van der Waals surface area (Å²) in [7, 11) is 0. The smallest absolute Gasteiger partial charge is 0.275 e. The van der Waals surface area contributed by atoms with Gasteiger partial charge >= 0.3 is 0 Å².